The maximum Gasteiger partial charge on any atom is 0.262 e. The number of carbonyl (C=O) groups is 1. The smallest absolute Gasteiger partial charge is 0.262 e. The summed E-state index contributed by atoms with van der Waals surface area (Å²) in [5.74, 6) is 0.272. The van der Waals surface area contributed by atoms with Crippen LogP contribution in [0.15, 0.2) is 52.5 Å². The Hall–Kier alpha value is -2.34. The fourth-order valence-electron chi connectivity index (χ4n) is 3.42. The molecule has 2 aromatic heterocycles. The van der Waals surface area contributed by atoms with E-state index in [1.54, 1.807) is 18.3 Å². The second-order valence-corrected chi connectivity index (χ2v) is 7.26. The maximum absolute atomic E-state index is 13.0. The summed E-state index contributed by atoms with van der Waals surface area (Å²) in [4.78, 5) is 33.0. The molecule has 1 fully saturated rings. The largest absolute Gasteiger partial charge is 0.359 e. The van der Waals surface area contributed by atoms with Gasteiger partial charge in [0, 0.05) is 12.2 Å². The molecule has 0 aliphatic heterocycles. The number of carbonyl (C=O) groups excluding carboxylic acids is 1. The first-order valence-corrected chi connectivity index (χ1v) is 9.53. The molecule has 3 aromatic rings. The molecule has 128 valence electrons. The number of aromatic amines is 1. The molecule has 0 unspecified atom stereocenters. The Bertz CT molecular complexity index is 956. The number of aromatic nitrogens is 3. The molecule has 1 aliphatic carbocycles. The van der Waals surface area contributed by atoms with Crippen LogP contribution in [-0.2, 0) is 0 Å². The Morgan fingerprint density at radius 3 is 2.76 bits per heavy atom. The number of nitrogens with zero attached hydrogens (tertiary/aromatic N) is 2. The van der Waals surface area contributed by atoms with Crippen LogP contribution in [0.25, 0.3) is 10.9 Å². The Labute approximate surface area is 149 Å². The second-order valence-electron chi connectivity index (χ2n) is 6.32. The number of para-hydroxylation sites is 1. The third kappa shape index (κ3) is 3.14. The summed E-state index contributed by atoms with van der Waals surface area (Å²) in [5, 5.41) is 1.30. The molecule has 0 radical (unpaired) electrons. The number of H-pyrrole nitrogens is 1. The van der Waals surface area contributed by atoms with Crippen LogP contribution in [0.2, 0.25) is 0 Å². The minimum absolute atomic E-state index is 0.00678. The zero-order chi connectivity index (χ0) is 17.2. The van der Waals surface area contributed by atoms with Gasteiger partial charge in [-0.15, -0.1) is 0 Å². The molecular formula is C19H19N3O2S. The zero-order valence-electron chi connectivity index (χ0n) is 13.8. The number of hydrogen-bond acceptors (Lipinski definition) is 4. The lowest BCUT2D eigenvalue weighted by Crippen LogP contribution is -2.26. The van der Waals surface area contributed by atoms with Crippen molar-refractivity contribution in [3.05, 3.63) is 58.6 Å². The summed E-state index contributed by atoms with van der Waals surface area (Å²) >= 11 is 1.35. The van der Waals surface area contributed by atoms with E-state index in [9.17, 15) is 9.59 Å². The first-order chi connectivity index (χ1) is 12.2. The number of thioether (sulfide) groups is 1. The lowest BCUT2D eigenvalue weighted by Gasteiger charge is -2.18. The Morgan fingerprint density at radius 2 is 2.00 bits per heavy atom. The molecule has 0 bridgehead atoms. The summed E-state index contributed by atoms with van der Waals surface area (Å²) in [7, 11) is 0. The Balaban J connectivity index is 1.72. The summed E-state index contributed by atoms with van der Waals surface area (Å²) < 4.78 is 1.82. The number of fused-ring (bicyclic) bond motifs is 1. The van der Waals surface area contributed by atoms with Gasteiger partial charge in [0.05, 0.1) is 22.3 Å². The number of Topliss-reactive ketones (excluding diaryl/α,β-unsaturated/α-hetero) is 1. The van der Waals surface area contributed by atoms with E-state index in [0.717, 1.165) is 25.7 Å². The lowest BCUT2D eigenvalue weighted by molar-refractivity contribution is 0.101. The fraction of sp³-hybridized carbons (Fsp3) is 0.316. The van der Waals surface area contributed by atoms with Gasteiger partial charge >= 0.3 is 0 Å². The van der Waals surface area contributed by atoms with Crippen molar-refractivity contribution < 1.29 is 4.79 Å². The normalized spacial score (nSPS) is 15.0. The average molecular weight is 353 g/mol. The van der Waals surface area contributed by atoms with E-state index >= 15 is 0 Å². The van der Waals surface area contributed by atoms with Crippen molar-refractivity contribution in [3.63, 3.8) is 0 Å². The Kier molecular flexibility index (Phi) is 4.44. The van der Waals surface area contributed by atoms with Gasteiger partial charge in [-0.25, -0.2) is 4.98 Å². The number of rotatable bonds is 5. The van der Waals surface area contributed by atoms with Crippen LogP contribution in [0, 0.1) is 0 Å². The van der Waals surface area contributed by atoms with Crippen LogP contribution in [0.3, 0.4) is 0 Å². The van der Waals surface area contributed by atoms with Crippen LogP contribution in [-0.4, -0.2) is 26.1 Å². The van der Waals surface area contributed by atoms with Gasteiger partial charge < -0.3 is 4.98 Å². The van der Waals surface area contributed by atoms with Crippen LogP contribution in [0.4, 0.5) is 0 Å². The summed E-state index contributed by atoms with van der Waals surface area (Å²) in [6.45, 7) is 0. The SMILES string of the molecule is O=C(CSc1nc2ccccc2c(=O)n1C1CCCC1)c1ccc[nH]1. The third-order valence-electron chi connectivity index (χ3n) is 4.70. The van der Waals surface area contributed by atoms with Crippen molar-refractivity contribution in [2.75, 3.05) is 5.75 Å². The topological polar surface area (TPSA) is 67.8 Å². The van der Waals surface area contributed by atoms with Crippen LogP contribution < -0.4 is 5.56 Å². The van der Waals surface area contributed by atoms with E-state index in [1.807, 2.05) is 28.8 Å². The van der Waals surface area contributed by atoms with Crippen molar-refractivity contribution >= 4 is 28.4 Å². The highest BCUT2D eigenvalue weighted by Gasteiger charge is 2.23. The van der Waals surface area contributed by atoms with Gasteiger partial charge in [-0.3, -0.25) is 14.2 Å². The number of nitrogens with one attached hydrogen (secondary N) is 1. The second kappa shape index (κ2) is 6.88. The minimum atomic E-state index is 0.00678. The van der Waals surface area contributed by atoms with E-state index in [4.69, 9.17) is 4.98 Å². The molecule has 1 N–H and O–H groups in total. The predicted octanol–water partition coefficient (Wildman–Crippen LogP) is 3.81. The molecule has 5 nitrogen and oxygen atoms in total. The Morgan fingerprint density at radius 1 is 1.20 bits per heavy atom. The molecule has 6 heteroatoms. The molecule has 2 heterocycles. The fourth-order valence-corrected chi connectivity index (χ4v) is 4.37. The molecule has 1 aliphatic rings. The van der Waals surface area contributed by atoms with Crippen LogP contribution in [0.1, 0.15) is 42.2 Å². The highest BCUT2D eigenvalue weighted by atomic mass is 32.2. The van der Waals surface area contributed by atoms with Gasteiger partial charge in [0.15, 0.2) is 10.9 Å². The first-order valence-electron chi connectivity index (χ1n) is 8.55. The van der Waals surface area contributed by atoms with Crippen molar-refractivity contribution in [2.24, 2.45) is 0 Å². The minimum Gasteiger partial charge on any atom is -0.359 e. The molecule has 0 amide bonds. The van der Waals surface area contributed by atoms with Gasteiger partial charge in [-0.1, -0.05) is 36.7 Å². The quantitative estimate of drug-likeness (QED) is 0.430. The molecular weight excluding hydrogens is 334 g/mol. The van der Waals surface area contributed by atoms with Crippen LogP contribution >= 0.6 is 11.8 Å². The molecule has 0 atom stereocenters. The number of benzene rings is 1. The van der Waals surface area contributed by atoms with Gasteiger partial charge in [-0.2, -0.15) is 0 Å². The van der Waals surface area contributed by atoms with Gasteiger partial charge in [-0.05, 0) is 37.1 Å². The zero-order valence-corrected chi connectivity index (χ0v) is 14.6. The molecule has 25 heavy (non-hydrogen) atoms. The molecule has 1 aromatic carbocycles. The van der Waals surface area contributed by atoms with Gasteiger partial charge in [0.2, 0.25) is 0 Å². The summed E-state index contributed by atoms with van der Waals surface area (Å²) in [6, 6.07) is 11.2. The third-order valence-corrected chi connectivity index (χ3v) is 5.65. The summed E-state index contributed by atoms with van der Waals surface area (Å²) in [6.07, 6.45) is 6.00. The van der Waals surface area contributed by atoms with E-state index in [2.05, 4.69) is 4.98 Å². The predicted molar refractivity (Wildman–Crippen MR) is 99.4 cm³/mol. The molecule has 0 saturated heterocycles. The van der Waals surface area contributed by atoms with E-state index in [0.29, 0.717) is 21.8 Å². The van der Waals surface area contributed by atoms with Gasteiger partial charge in [0.25, 0.3) is 5.56 Å². The average Bonchev–Trinajstić information content (AvgIpc) is 3.33. The van der Waals surface area contributed by atoms with Gasteiger partial charge in [0.1, 0.15) is 0 Å². The molecule has 4 rings (SSSR count). The monoisotopic (exact) mass is 353 g/mol. The lowest BCUT2D eigenvalue weighted by atomic mass is 10.2. The van der Waals surface area contributed by atoms with Crippen molar-refractivity contribution in [3.8, 4) is 0 Å². The highest BCUT2D eigenvalue weighted by Crippen LogP contribution is 2.32. The number of ketones is 1. The van der Waals surface area contributed by atoms with E-state index < -0.39 is 0 Å². The van der Waals surface area contributed by atoms with Crippen molar-refractivity contribution in [1.82, 2.24) is 14.5 Å². The van der Waals surface area contributed by atoms with Crippen molar-refractivity contribution in [2.45, 2.75) is 36.9 Å². The van der Waals surface area contributed by atoms with Crippen molar-refractivity contribution in [1.29, 1.82) is 0 Å². The van der Waals surface area contributed by atoms with Crippen LogP contribution in [0.5, 0.6) is 0 Å². The maximum atomic E-state index is 13.0. The number of hydrogen-bond donors (Lipinski definition) is 1. The highest BCUT2D eigenvalue weighted by molar-refractivity contribution is 7.99. The van der Waals surface area contributed by atoms with E-state index in [-0.39, 0.29) is 23.1 Å². The van der Waals surface area contributed by atoms with E-state index in [1.165, 1.54) is 11.8 Å². The molecule has 0 spiro atoms. The summed E-state index contributed by atoms with van der Waals surface area (Å²) in [5.41, 5.74) is 1.28. The molecule has 1 saturated carbocycles. The standard InChI is InChI=1S/C19H19N3O2S/c23-17(16-10-5-11-20-16)12-25-19-21-15-9-4-3-8-14(15)18(24)22(19)13-6-1-2-7-13/h3-5,8-11,13,20H,1-2,6-7,12H2. The first kappa shape index (κ1) is 16.1.